The van der Waals surface area contributed by atoms with E-state index in [1.54, 1.807) is 21.1 Å². The van der Waals surface area contributed by atoms with Crippen LogP contribution in [0.3, 0.4) is 0 Å². The van der Waals surface area contributed by atoms with Gasteiger partial charge in [-0.1, -0.05) is 235 Å². The van der Waals surface area contributed by atoms with Crippen LogP contribution in [0.4, 0.5) is 0 Å². The summed E-state index contributed by atoms with van der Waals surface area (Å²) < 4.78 is 0. The Hall–Kier alpha value is -7.28. The van der Waals surface area contributed by atoms with Crippen molar-refractivity contribution in [2.45, 2.75) is 138 Å². The van der Waals surface area contributed by atoms with Crippen molar-refractivity contribution in [3.63, 3.8) is 0 Å². The molecule has 0 heterocycles. The second-order valence-electron chi connectivity index (χ2n) is 22.5. The van der Waals surface area contributed by atoms with Crippen molar-refractivity contribution in [3.8, 4) is 0 Å². The van der Waals surface area contributed by atoms with Crippen molar-refractivity contribution >= 4 is 35.1 Å². The molecule has 0 saturated carbocycles. The molecule has 0 unspecified atom stereocenters. The Bertz CT molecular complexity index is 2330. The maximum atomic E-state index is 10.6. The number of hydrogen-bond acceptors (Lipinski definition) is 8. The Morgan fingerprint density at radius 2 is 0.534 bits per heavy atom. The summed E-state index contributed by atoms with van der Waals surface area (Å²) in [5, 5.41) is 15.0. The number of amidine groups is 5. The number of aliphatic imine (C=N–C) groups is 3. The van der Waals surface area contributed by atoms with Gasteiger partial charge in [0, 0.05) is 55.9 Å². The molecule has 0 aliphatic rings. The van der Waals surface area contributed by atoms with Gasteiger partial charge in [-0.15, -0.1) is 0 Å². The Balaban J connectivity index is 0.000000457. The molecule has 0 fully saturated rings. The minimum absolute atomic E-state index is 0.0975. The standard InChI is InChI=1S/C13H18N2O2.3C12H18N2.C11H16N2O/c1-9(16)17-15-12(14)10-5-7-11(8-6-10)13(2,3)4;3*1-12(2,3)10-7-5-9(6-8-10)11(13)14-4;1-11(2,3)9-6-4-8(5-7-9)10(12)13-14/h5-8H,1-4H3,(H2,14,15);3*5-8H,1-4H3,(H2,13,14);4-7,14H,1-3H3,(H2,12,13). The predicted octanol–water partition coefficient (Wildman–Crippen LogP) is 11.2. The summed E-state index contributed by atoms with van der Waals surface area (Å²) in [6.07, 6.45) is 0. The minimum atomic E-state index is -0.487. The van der Waals surface area contributed by atoms with E-state index in [4.69, 9.17) is 33.9 Å². The summed E-state index contributed by atoms with van der Waals surface area (Å²) in [6, 6.07) is 40.1. The van der Waals surface area contributed by atoms with Crippen LogP contribution >= 0.6 is 0 Å². The monoisotopic (exact) mass is 997 g/mol. The molecule has 11 N–H and O–H groups in total. The second-order valence-corrected chi connectivity index (χ2v) is 22.5. The van der Waals surface area contributed by atoms with Gasteiger partial charge in [0.1, 0.15) is 17.5 Å². The first kappa shape index (κ1) is 63.7. The van der Waals surface area contributed by atoms with Crippen LogP contribution in [-0.4, -0.2) is 61.5 Å². The lowest BCUT2D eigenvalue weighted by Crippen LogP contribution is -2.16. The van der Waals surface area contributed by atoms with Crippen molar-refractivity contribution in [2.75, 3.05) is 21.1 Å². The molecule has 0 aliphatic heterocycles. The number of hydrogen-bond donors (Lipinski definition) is 6. The van der Waals surface area contributed by atoms with Crippen molar-refractivity contribution in [2.24, 2.45) is 54.0 Å². The fraction of sp³-hybridized carbons (Fsp3) is 0.400. The van der Waals surface area contributed by atoms with Gasteiger partial charge < -0.3 is 38.7 Å². The maximum Gasteiger partial charge on any atom is 0.332 e. The Morgan fingerprint density at radius 3 is 0.685 bits per heavy atom. The quantitative estimate of drug-likeness (QED) is 0.0314. The average Bonchev–Trinajstić information content (AvgIpc) is 3.34. The number of nitrogens with two attached hydrogens (primary N) is 5. The first-order valence-electron chi connectivity index (χ1n) is 24.3. The van der Waals surface area contributed by atoms with Crippen molar-refractivity contribution in [1.29, 1.82) is 0 Å². The van der Waals surface area contributed by atoms with Crippen LogP contribution in [0.2, 0.25) is 0 Å². The molecular formula is C60H88N10O3. The van der Waals surface area contributed by atoms with Gasteiger partial charge in [-0.05, 0) is 54.9 Å². The molecule has 0 radical (unpaired) electrons. The van der Waals surface area contributed by atoms with E-state index in [0.29, 0.717) is 17.5 Å². The summed E-state index contributed by atoms with van der Waals surface area (Å²) in [7, 11) is 5.10. The van der Waals surface area contributed by atoms with Crippen LogP contribution in [-0.2, 0) is 36.7 Å². The Labute approximate surface area is 438 Å². The smallest absolute Gasteiger partial charge is 0.332 e. The first-order valence-corrected chi connectivity index (χ1v) is 24.3. The molecule has 0 amide bonds. The maximum absolute atomic E-state index is 10.6. The van der Waals surface area contributed by atoms with Gasteiger partial charge in [-0.25, -0.2) is 4.79 Å². The first-order chi connectivity index (χ1) is 33.6. The number of nitrogens with zero attached hydrogens (tertiary/aromatic N) is 5. The molecule has 73 heavy (non-hydrogen) atoms. The van der Waals surface area contributed by atoms with Crippen molar-refractivity contribution < 1.29 is 14.8 Å². The molecule has 0 saturated heterocycles. The van der Waals surface area contributed by atoms with Gasteiger partial charge in [-0.3, -0.25) is 15.0 Å². The van der Waals surface area contributed by atoms with E-state index in [0.717, 1.165) is 27.8 Å². The van der Waals surface area contributed by atoms with Crippen LogP contribution in [0.15, 0.2) is 147 Å². The van der Waals surface area contributed by atoms with E-state index in [1.807, 2.05) is 84.9 Å². The van der Waals surface area contributed by atoms with Crippen LogP contribution in [0.1, 0.15) is 166 Å². The molecule has 396 valence electrons. The van der Waals surface area contributed by atoms with Gasteiger partial charge in [0.05, 0.1) is 0 Å². The fourth-order valence-electron chi connectivity index (χ4n) is 6.32. The molecule has 0 aliphatic carbocycles. The third-order valence-corrected chi connectivity index (χ3v) is 11.3. The van der Waals surface area contributed by atoms with Gasteiger partial charge in [0.2, 0.25) is 0 Å². The highest BCUT2D eigenvalue weighted by Crippen LogP contribution is 2.26. The summed E-state index contributed by atoms with van der Waals surface area (Å²) in [6.45, 7) is 33.9. The molecule has 0 spiro atoms. The van der Waals surface area contributed by atoms with Gasteiger partial charge >= 0.3 is 5.97 Å². The molecule has 0 atom stereocenters. The Morgan fingerprint density at radius 1 is 0.356 bits per heavy atom. The predicted molar refractivity (Wildman–Crippen MR) is 311 cm³/mol. The Kier molecular flexibility index (Phi) is 24.5. The van der Waals surface area contributed by atoms with Gasteiger partial charge in [0.25, 0.3) is 0 Å². The molecule has 0 bridgehead atoms. The van der Waals surface area contributed by atoms with Crippen molar-refractivity contribution in [3.05, 3.63) is 177 Å². The molecule has 13 nitrogen and oxygen atoms in total. The zero-order valence-corrected chi connectivity index (χ0v) is 47.4. The van der Waals surface area contributed by atoms with E-state index in [9.17, 15) is 4.79 Å². The van der Waals surface area contributed by atoms with Gasteiger partial charge in [0.15, 0.2) is 11.7 Å². The third kappa shape index (κ3) is 22.8. The molecule has 5 aromatic carbocycles. The number of rotatable bonds is 6. The largest absolute Gasteiger partial charge is 0.409 e. The van der Waals surface area contributed by atoms with Gasteiger partial charge in [-0.2, -0.15) is 0 Å². The van der Waals surface area contributed by atoms with E-state index >= 15 is 0 Å². The number of carbonyl (C=O) groups excluding carboxylic acids is 1. The fourth-order valence-corrected chi connectivity index (χ4v) is 6.32. The molecule has 13 heteroatoms. The summed E-state index contributed by atoms with van der Waals surface area (Å²) in [5.41, 5.74) is 39.8. The highest BCUT2D eigenvalue weighted by molar-refractivity contribution is 5.99. The lowest BCUT2D eigenvalue weighted by Gasteiger charge is -2.19. The molecule has 0 aromatic heterocycles. The zero-order chi connectivity index (χ0) is 56.1. The van der Waals surface area contributed by atoms with E-state index < -0.39 is 5.97 Å². The second kappa shape index (κ2) is 28.1. The third-order valence-electron chi connectivity index (χ3n) is 11.3. The number of carbonyl (C=O) groups is 1. The lowest BCUT2D eigenvalue weighted by molar-refractivity contribution is -0.140. The summed E-state index contributed by atoms with van der Waals surface area (Å²) >= 11 is 0. The normalized spacial score (nSPS) is 12.8. The van der Waals surface area contributed by atoms with E-state index in [1.165, 1.54) is 34.7 Å². The number of benzene rings is 5. The molecule has 5 rings (SSSR count). The topological polar surface area (TPSA) is 238 Å². The summed E-state index contributed by atoms with van der Waals surface area (Å²) in [5.74, 6) is 1.62. The van der Waals surface area contributed by atoms with E-state index in [2.05, 4.69) is 170 Å². The minimum Gasteiger partial charge on any atom is -0.409 e. The van der Waals surface area contributed by atoms with Crippen LogP contribution < -0.4 is 28.7 Å². The van der Waals surface area contributed by atoms with E-state index in [-0.39, 0.29) is 38.7 Å². The lowest BCUT2D eigenvalue weighted by atomic mass is 9.86. The summed E-state index contributed by atoms with van der Waals surface area (Å²) in [4.78, 5) is 26.9. The molecular weight excluding hydrogens is 909 g/mol. The average molecular weight is 997 g/mol. The SMILES string of the molecule is CC(=O)O/N=C(\N)c1ccc(C(C)(C)C)cc1.CC(C)(C)c1ccc(/C(N)=N/O)cc1.CN=C(N)c1ccc(C(C)(C)C)cc1.CN=C(N)c1ccc(C(C)(C)C)cc1.CN=C(N)c1ccc(C(C)(C)C)cc1. The zero-order valence-electron chi connectivity index (χ0n) is 47.4. The highest BCUT2D eigenvalue weighted by atomic mass is 16.7. The van der Waals surface area contributed by atoms with Crippen molar-refractivity contribution in [1.82, 2.24) is 0 Å². The van der Waals surface area contributed by atoms with Crippen LogP contribution in [0, 0.1) is 0 Å². The van der Waals surface area contributed by atoms with Crippen LogP contribution in [0.5, 0.6) is 0 Å². The molecule has 5 aromatic rings. The van der Waals surface area contributed by atoms with Crippen LogP contribution in [0.25, 0.3) is 0 Å². The highest BCUT2D eigenvalue weighted by Gasteiger charge is 2.17. The number of oxime groups is 2.